The molecule has 1 amide bonds. The van der Waals surface area contributed by atoms with E-state index < -0.39 is 28.9 Å². The summed E-state index contributed by atoms with van der Waals surface area (Å²) in [6, 6.07) is 6.35. The van der Waals surface area contributed by atoms with Crippen molar-refractivity contribution in [3.63, 3.8) is 0 Å². The maximum absolute atomic E-state index is 12.3. The summed E-state index contributed by atoms with van der Waals surface area (Å²) in [6.07, 6.45) is 5.89. The number of ether oxygens (including phenoxy) is 1. The van der Waals surface area contributed by atoms with E-state index in [0.29, 0.717) is 5.69 Å². The Morgan fingerprint density at radius 1 is 1.30 bits per heavy atom. The molecule has 0 spiro atoms. The highest BCUT2D eigenvalue weighted by molar-refractivity contribution is 5.93. The quantitative estimate of drug-likeness (QED) is 0.413. The molecule has 0 radical (unpaired) electrons. The number of nitro benzene ring substituents is 1. The lowest BCUT2D eigenvalue weighted by molar-refractivity contribution is -0.384. The van der Waals surface area contributed by atoms with Gasteiger partial charge in [-0.25, -0.2) is 4.79 Å². The normalized spacial score (nSPS) is 18.5. The van der Waals surface area contributed by atoms with Crippen molar-refractivity contribution in [3.05, 3.63) is 33.9 Å². The van der Waals surface area contributed by atoms with Crippen LogP contribution in [0.1, 0.15) is 55.8 Å². The largest absolute Gasteiger partial charge is 0.452 e. The molecule has 1 aliphatic heterocycles. The van der Waals surface area contributed by atoms with E-state index in [2.05, 4.69) is 11.4 Å². The van der Waals surface area contributed by atoms with Crippen molar-refractivity contribution >= 4 is 23.3 Å². The molecule has 0 aromatic heterocycles. The zero-order valence-electron chi connectivity index (χ0n) is 17.1. The van der Waals surface area contributed by atoms with Gasteiger partial charge in [0.2, 0.25) is 0 Å². The Morgan fingerprint density at radius 2 is 1.97 bits per heavy atom. The monoisotopic (exact) mass is 414 g/mol. The van der Waals surface area contributed by atoms with Crippen molar-refractivity contribution < 1.29 is 19.2 Å². The third-order valence-electron chi connectivity index (χ3n) is 5.71. The van der Waals surface area contributed by atoms with Gasteiger partial charge in [-0.3, -0.25) is 14.9 Å². The molecule has 30 heavy (non-hydrogen) atoms. The molecule has 2 fully saturated rings. The van der Waals surface area contributed by atoms with Gasteiger partial charge >= 0.3 is 5.97 Å². The van der Waals surface area contributed by atoms with Crippen molar-refractivity contribution in [1.82, 2.24) is 5.32 Å². The van der Waals surface area contributed by atoms with Crippen LogP contribution < -0.4 is 10.2 Å². The van der Waals surface area contributed by atoms with Gasteiger partial charge in [0.15, 0.2) is 6.61 Å². The van der Waals surface area contributed by atoms with E-state index >= 15 is 0 Å². The molecule has 9 nitrogen and oxygen atoms in total. The molecule has 2 aliphatic rings. The van der Waals surface area contributed by atoms with Gasteiger partial charge in [0, 0.05) is 19.2 Å². The second kappa shape index (κ2) is 9.11. The summed E-state index contributed by atoms with van der Waals surface area (Å²) in [6.45, 7) is 2.58. The lowest BCUT2D eigenvalue weighted by Gasteiger charge is -2.23. The number of esters is 1. The van der Waals surface area contributed by atoms with E-state index in [1.165, 1.54) is 12.1 Å². The zero-order chi connectivity index (χ0) is 21.7. The fraction of sp³-hybridized carbons (Fsp3) is 0.571. The number of anilines is 1. The van der Waals surface area contributed by atoms with Gasteiger partial charge in [0.1, 0.15) is 11.2 Å². The van der Waals surface area contributed by atoms with Crippen LogP contribution in [0.4, 0.5) is 11.4 Å². The summed E-state index contributed by atoms with van der Waals surface area (Å²) in [5, 5.41) is 23.5. The molecule has 1 N–H and O–H groups in total. The van der Waals surface area contributed by atoms with Crippen molar-refractivity contribution in [1.29, 1.82) is 5.26 Å². The van der Waals surface area contributed by atoms with Gasteiger partial charge in [-0.15, -0.1) is 0 Å². The zero-order valence-corrected chi connectivity index (χ0v) is 17.1. The van der Waals surface area contributed by atoms with Gasteiger partial charge in [-0.05, 0) is 50.7 Å². The molecule has 1 atom stereocenters. The highest BCUT2D eigenvalue weighted by Crippen LogP contribution is 2.39. The van der Waals surface area contributed by atoms with E-state index in [-0.39, 0.29) is 17.2 Å². The van der Waals surface area contributed by atoms with Gasteiger partial charge in [-0.2, -0.15) is 5.26 Å². The molecule has 1 heterocycles. The van der Waals surface area contributed by atoms with Gasteiger partial charge in [0.05, 0.1) is 16.6 Å². The number of nitriles is 1. The van der Waals surface area contributed by atoms with Crippen LogP contribution in [0.3, 0.4) is 0 Å². The van der Waals surface area contributed by atoms with Crippen LogP contribution >= 0.6 is 0 Å². The maximum atomic E-state index is 12.3. The van der Waals surface area contributed by atoms with Crippen molar-refractivity contribution in [2.24, 2.45) is 5.92 Å². The first-order valence-electron chi connectivity index (χ1n) is 10.3. The second-order valence-electron chi connectivity index (χ2n) is 8.07. The average molecular weight is 414 g/mol. The van der Waals surface area contributed by atoms with Crippen LogP contribution in [0, 0.1) is 27.4 Å². The summed E-state index contributed by atoms with van der Waals surface area (Å²) < 4.78 is 5.02. The van der Waals surface area contributed by atoms with Crippen molar-refractivity contribution in [2.75, 3.05) is 24.6 Å². The standard InChI is InChI=1S/C21H26N4O5/c1-21(14-22,16-7-8-16)23-19(26)13-30-20(27)15-6-9-17(18(12-15)25(28)29)24-10-4-2-3-5-11-24/h6,9,12,16H,2-5,7-8,10-11,13H2,1H3,(H,23,26)/t21-/m1/s1. The summed E-state index contributed by atoms with van der Waals surface area (Å²) in [4.78, 5) is 37.5. The molecule has 160 valence electrons. The lowest BCUT2D eigenvalue weighted by Crippen LogP contribution is -2.48. The molecule has 1 aromatic carbocycles. The summed E-state index contributed by atoms with van der Waals surface area (Å²) in [7, 11) is 0. The molecule has 1 saturated heterocycles. The van der Waals surface area contributed by atoms with Gasteiger partial charge in [0.25, 0.3) is 11.6 Å². The maximum Gasteiger partial charge on any atom is 0.338 e. The molecular formula is C21H26N4O5. The fourth-order valence-corrected chi connectivity index (χ4v) is 3.80. The second-order valence-corrected chi connectivity index (χ2v) is 8.07. The highest BCUT2D eigenvalue weighted by atomic mass is 16.6. The van der Waals surface area contributed by atoms with E-state index in [4.69, 9.17) is 4.74 Å². The molecule has 1 saturated carbocycles. The van der Waals surface area contributed by atoms with Crippen LogP contribution in [-0.4, -0.2) is 42.0 Å². The number of carbonyl (C=O) groups excluding carboxylic acids is 2. The minimum Gasteiger partial charge on any atom is -0.452 e. The van der Waals surface area contributed by atoms with Crippen molar-refractivity contribution in [3.8, 4) is 6.07 Å². The predicted molar refractivity (Wildman–Crippen MR) is 109 cm³/mol. The average Bonchev–Trinajstić information content (AvgIpc) is 3.59. The summed E-state index contributed by atoms with van der Waals surface area (Å²) in [5.74, 6) is -1.29. The van der Waals surface area contributed by atoms with Crippen LogP contribution in [0.5, 0.6) is 0 Å². The van der Waals surface area contributed by atoms with Crippen LogP contribution in [0.15, 0.2) is 18.2 Å². The number of amides is 1. The smallest absolute Gasteiger partial charge is 0.338 e. The number of benzene rings is 1. The first kappa shape index (κ1) is 21.6. The summed E-state index contributed by atoms with van der Waals surface area (Å²) in [5.41, 5.74) is -0.623. The van der Waals surface area contributed by atoms with Crippen molar-refractivity contribution in [2.45, 2.75) is 51.0 Å². The van der Waals surface area contributed by atoms with Crippen LogP contribution in [0.2, 0.25) is 0 Å². The molecule has 1 aliphatic carbocycles. The number of nitrogens with zero attached hydrogens (tertiary/aromatic N) is 3. The Kier molecular flexibility index (Phi) is 6.55. The lowest BCUT2D eigenvalue weighted by atomic mass is 9.98. The highest BCUT2D eigenvalue weighted by Gasteiger charge is 2.43. The third-order valence-corrected chi connectivity index (χ3v) is 5.71. The predicted octanol–water partition coefficient (Wildman–Crippen LogP) is 2.94. The first-order chi connectivity index (χ1) is 14.3. The minimum absolute atomic E-state index is 0.0123. The number of carbonyl (C=O) groups is 2. The van der Waals surface area contributed by atoms with Crippen LogP contribution in [0.25, 0.3) is 0 Å². The van der Waals surface area contributed by atoms with Gasteiger partial charge in [-0.1, -0.05) is 12.8 Å². The van der Waals surface area contributed by atoms with Crippen LogP contribution in [-0.2, 0) is 9.53 Å². The number of hydrogen-bond donors (Lipinski definition) is 1. The Bertz CT molecular complexity index is 869. The molecular weight excluding hydrogens is 388 g/mol. The third kappa shape index (κ3) is 5.06. The summed E-state index contributed by atoms with van der Waals surface area (Å²) >= 11 is 0. The molecule has 3 rings (SSSR count). The minimum atomic E-state index is -0.975. The van der Waals surface area contributed by atoms with E-state index in [1.54, 1.807) is 13.0 Å². The Morgan fingerprint density at radius 3 is 2.53 bits per heavy atom. The van der Waals surface area contributed by atoms with E-state index in [1.807, 2.05) is 4.90 Å². The number of hydrogen-bond acceptors (Lipinski definition) is 7. The first-order valence-corrected chi connectivity index (χ1v) is 10.3. The van der Waals surface area contributed by atoms with E-state index in [0.717, 1.165) is 51.6 Å². The van der Waals surface area contributed by atoms with E-state index in [9.17, 15) is 25.0 Å². The SMILES string of the molecule is C[C@](C#N)(NC(=O)COC(=O)c1ccc(N2CCCCCC2)c([N+](=O)[O-])c1)C1CC1. The Hall–Kier alpha value is -3.15. The topological polar surface area (TPSA) is 126 Å². The number of rotatable bonds is 7. The number of nitrogens with one attached hydrogen (secondary N) is 1. The van der Waals surface area contributed by atoms with Gasteiger partial charge < -0.3 is 15.0 Å². The molecule has 0 bridgehead atoms. The Labute approximate surface area is 175 Å². The molecule has 1 aromatic rings. The molecule has 9 heteroatoms. The molecule has 0 unspecified atom stereocenters. The fourth-order valence-electron chi connectivity index (χ4n) is 3.80. The number of nitro groups is 1. The Balaban J connectivity index is 1.65.